The second kappa shape index (κ2) is 6.68. The third kappa shape index (κ3) is 3.58. The van der Waals surface area contributed by atoms with Gasteiger partial charge in [-0.05, 0) is 71.4 Å². The van der Waals surface area contributed by atoms with Crippen LogP contribution >= 0.6 is 11.6 Å². The topological polar surface area (TPSA) is 9.23 Å². The van der Waals surface area contributed by atoms with Crippen LogP contribution in [0, 0.1) is 5.41 Å². The maximum absolute atomic E-state index is 6.14. The van der Waals surface area contributed by atoms with Crippen LogP contribution in [0.3, 0.4) is 0 Å². The number of benzene rings is 2. The van der Waals surface area contributed by atoms with Crippen molar-refractivity contribution in [2.24, 2.45) is 5.41 Å². The molecule has 0 heterocycles. The molecule has 1 nitrogen and oxygen atoms in total. The zero-order valence-electron chi connectivity index (χ0n) is 15.2. The van der Waals surface area contributed by atoms with E-state index in [-0.39, 0.29) is 0 Å². The average molecular weight is 355 g/mol. The first-order chi connectivity index (χ1) is 12.1. The molecule has 0 aromatic heterocycles. The van der Waals surface area contributed by atoms with Gasteiger partial charge in [0.05, 0.1) is 6.10 Å². The lowest BCUT2D eigenvalue weighted by molar-refractivity contribution is 0.303. The van der Waals surface area contributed by atoms with E-state index in [0.717, 1.165) is 5.75 Å². The molecule has 0 amide bonds. The lowest BCUT2D eigenvalue weighted by atomic mass is 9.75. The molecule has 0 bridgehead atoms. The van der Waals surface area contributed by atoms with E-state index in [0.29, 0.717) is 23.3 Å². The van der Waals surface area contributed by atoms with Crippen LogP contribution in [-0.4, -0.2) is 6.10 Å². The first-order valence-corrected chi connectivity index (χ1v) is 10.1. The summed E-state index contributed by atoms with van der Waals surface area (Å²) >= 11 is 6.14. The molecule has 25 heavy (non-hydrogen) atoms. The van der Waals surface area contributed by atoms with Gasteiger partial charge in [-0.2, -0.15) is 0 Å². The van der Waals surface area contributed by atoms with E-state index in [2.05, 4.69) is 56.3 Å². The standard InChI is InChI=1S/C23H27ClO/c1-23(2)12-4-7-22(23)21-13-16(15-24)8-11-20(21)17-5-3-6-19(14-17)25-18-9-10-18/h3,5-6,8,11,13-14,18,22H,4,7,9-10,12,15H2,1-2H3. The van der Waals surface area contributed by atoms with Gasteiger partial charge in [0, 0.05) is 5.88 Å². The normalized spacial score (nSPS) is 22.1. The van der Waals surface area contributed by atoms with Gasteiger partial charge in [-0.3, -0.25) is 0 Å². The van der Waals surface area contributed by atoms with Crippen LogP contribution in [0.25, 0.3) is 11.1 Å². The highest BCUT2D eigenvalue weighted by atomic mass is 35.5. The Balaban J connectivity index is 1.76. The Morgan fingerprint density at radius 1 is 1.08 bits per heavy atom. The van der Waals surface area contributed by atoms with Crippen LogP contribution < -0.4 is 4.74 Å². The van der Waals surface area contributed by atoms with E-state index >= 15 is 0 Å². The van der Waals surface area contributed by atoms with Crippen LogP contribution in [0.2, 0.25) is 0 Å². The summed E-state index contributed by atoms with van der Waals surface area (Å²) in [5.41, 5.74) is 5.63. The fraction of sp³-hybridized carbons (Fsp3) is 0.478. The largest absolute Gasteiger partial charge is 0.490 e. The molecule has 0 N–H and O–H groups in total. The molecule has 2 aliphatic carbocycles. The number of alkyl halides is 1. The predicted octanol–water partition coefficient (Wildman–Crippen LogP) is 6.93. The van der Waals surface area contributed by atoms with Crippen molar-refractivity contribution in [3.05, 3.63) is 53.6 Å². The van der Waals surface area contributed by atoms with Crippen molar-refractivity contribution in [2.75, 3.05) is 0 Å². The van der Waals surface area contributed by atoms with Gasteiger partial charge in [0.1, 0.15) is 5.75 Å². The summed E-state index contributed by atoms with van der Waals surface area (Å²) in [5, 5.41) is 0. The second-order valence-corrected chi connectivity index (χ2v) is 8.60. The Morgan fingerprint density at radius 3 is 2.60 bits per heavy atom. The molecular weight excluding hydrogens is 328 g/mol. The van der Waals surface area contributed by atoms with Crippen molar-refractivity contribution in [1.29, 1.82) is 0 Å². The van der Waals surface area contributed by atoms with E-state index < -0.39 is 0 Å². The fourth-order valence-corrected chi connectivity index (χ4v) is 4.43. The van der Waals surface area contributed by atoms with Crippen molar-refractivity contribution in [3.63, 3.8) is 0 Å². The third-order valence-corrected chi connectivity index (χ3v) is 6.18. The highest BCUT2D eigenvalue weighted by Crippen LogP contribution is 2.51. The van der Waals surface area contributed by atoms with Gasteiger partial charge in [-0.15, -0.1) is 11.6 Å². The Morgan fingerprint density at radius 2 is 1.92 bits per heavy atom. The van der Waals surface area contributed by atoms with E-state index in [1.54, 1.807) is 0 Å². The lowest BCUT2D eigenvalue weighted by Crippen LogP contribution is -2.16. The predicted molar refractivity (Wildman–Crippen MR) is 105 cm³/mol. The number of halogens is 1. The Bertz CT molecular complexity index is 760. The molecule has 2 aromatic carbocycles. The molecule has 1 unspecified atom stereocenters. The summed E-state index contributed by atoms with van der Waals surface area (Å²) in [6.07, 6.45) is 6.69. The number of rotatable bonds is 5. The first-order valence-electron chi connectivity index (χ1n) is 9.53. The quantitative estimate of drug-likeness (QED) is 0.529. The zero-order chi connectivity index (χ0) is 17.4. The van der Waals surface area contributed by atoms with Crippen LogP contribution in [0.5, 0.6) is 5.75 Å². The van der Waals surface area contributed by atoms with E-state index in [9.17, 15) is 0 Å². The van der Waals surface area contributed by atoms with Crippen molar-refractivity contribution in [1.82, 2.24) is 0 Å². The van der Waals surface area contributed by atoms with E-state index in [4.69, 9.17) is 16.3 Å². The van der Waals surface area contributed by atoms with Gasteiger partial charge < -0.3 is 4.74 Å². The summed E-state index contributed by atoms with van der Waals surface area (Å²) in [6, 6.07) is 15.4. The summed E-state index contributed by atoms with van der Waals surface area (Å²) < 4.78 is 6.02. The highest BCUT2D eigenvalue weighted by Gasteiger charge is 2.36. The smallest absolute Gasteiger partial charge is 0.120 e. The minimum atomic E-state index is 0.349. The Labute approximate surface area is 156 Å². The minimum Gasteiger partial charge on any atom is -0.490 e. The van der Waals surface area contributed by atoms with Gasteiger partial charge >= 0.3 is 0 Å². The van der Waals surface area contributed by atoms with E-state index in [1.807, 2.05) is 0 Å². The Hall–Kier alpha value is -1.47. The van der Waals surface area contributed by atoms with Gasteiger partial charge in [0.2, 0.25) is 0 Å². The number of hydrogen-bond donors (Lipinski definition) is 0. The average Bonchev–Trinajstić information content (AvgIpc) is 3.35. The van der Waals surface area contributed by atoms with Crippen molar-refractivity contribution in [2.45, 2.75) is 63.9 Å². The molecule has 4 rings (SSSR count). The fourth-order valence-electron chi connectivity index (χ4n) is 4.27. The van der Waals surface area contributed by atoms with Gasteiger partial charge in [-0.25, -0.2) is 0 Å². The van der Waals surface area contributed by atoms with Crippen LogP contribution in [0.1, 0.15) is 63.0 Å². The summed E-state index contributed by atoms with van der Waals surface area (Å²) in [7, 11) is 0. The molecule has 2 heteroatoms. The molecular formula is C23H27ClO. The zero-order valence-corrected chi connectivity index (χ0v) is 16.0. The van der Waals surface area contributed by atoms with Crippen LogP contribution in [-0.2, 0) is 5.88 Å². The summed E-state index contributed by atoms with van der Waals surface area (Å²) in [5.74, 6) is 2.17. The second-order valence-electron chi connectivity index (χ2n) is 8.33. The molecule has 0 aliphatic heterocycles. The lowest BCUT2D eigenvalue weighted by Gasteiger charge is -2.29. The molecule has 1 atom stereocenters. The molecule has 2 saturated carbocycles. The molecule has 0 spiro atoms. The highest BCUT2D eigenvalue weighted by molar-refractivity contribution is 6.17. The molecule has 2 aliphatic rings. The molecule has 132 valence electrons. The molecule has 2 fully saturated rings. The van der Waals surface area contributed by atoms with Gasteiger partial charge in [-0.1, -0.05) is 50.6 Å². The summed E-state index contributed by atoms with van der Waals surface area (Å²) in [6.45, 7) is 4.82. The van der Waals surface area contributed by atoms with Crippen molar-refractivity contribution < 1.29 is 4.74 Å². The number of hydrogen-bond acceptors (Lipinski definition) is 1. The SMILES string of the molecule is CC1(C)CCCC1c1cc(CCl)ccc1-c1cccc(OC2CC2)c1. The summed E-state index contributed by atoms with van der Waals surface area (Å²) in [4.78, 5) is 0. The van der Waals surface area contributed by atoms with Crippen molar-refractivity contribution >= 4 is 11.6 Å². The number of ether oxygens (including phenoxy) is 1. The Kier molecular flexibility index (Phi) is 4.54. The minimum absolute atomic E-state index is 0.349. The van der Waals surface area contributed by atoms with Gasteiger partial charge in [0.25, 0.3) is 0 Å². The van der Waals surface area contributed by atoms with Crippen molar-refractivity contribution in [3.8, 4) is 16.9 Å². The van der Waals surface area contributed by atoms with Crippen LogP contribution in [0.15, 0.2) is 42.5 Å². The van der Waals surface area contributed by atoms with E-state index in [1.165, 1.54) is 54.4 Å². The maximum Gasteiger partial charge on any atom is 0.120 e. The third-order valence-electron chi connectivity index (χ3n) is 5.88. The van der Waals surface area contributed by atoms with Crippen LogP contribution in [0.4, 0.5) is 0 Å². The maximum atomic E-state index is 6.14. The molecule has 2 aromatic rings. The first kappa shape index (κ1) is 17.0. The monoisotopic (exact) mass is 354 g/mol. The molecule has 0 saturated heterocycles. The molecule has 0 radical (unpaired) electrons. The van der Waals surface area contributed by atoms with Gasteiger partial charge in [0.15, 0.2) is 0 Å².